The van der Waals surface area contributed by atoms with Crippen LogP contribution >= 0.6 is 11.6 Å². The second-order valence-electron chi connectivity index (χ2n) is 9.19. The molecular weight excluding hydrogens is 448 g/mol. The molecule has 0 saturated carbocycles. The number of H-pyrrole nitrogens is 1. The van der Waals surface area contributed by atoms with Crippen LogP contribution in [0.4, 0.5) is 5.69 Å². The molecule has 0 bridgehead atoms. The molecular formula is C26H33ClN6O. The number of hydrogen-bond donors (Lipinski definition) is 2. The Morgan fingerprint density at radius 1 is 1.09 bits per heavy atom. The van der Waals surface area contributed by atoms with Crippen LogP contribution in [0.3, 0.4) is 0 Å². The van der Waals surface area contributed by atoms with Crippen LogP contribution in [0.2, 0.25) is 5.02 Å². The van der Waals surface area contributed by atoms with Gasteiger partial charge in [0.1, 0.15) is 5.65 Å². The third kappa shape index (κ3) is 4.84. The number of pyridine rings is 1. The molecule has 180 valence electrons. The minimum atomic E-state index is 0.164. The van der Waals surface area contributed by atoms with E-state index in [-0.39, 0.29) is 5.91 Å². The van der Waals surface area contributed by atoms with Gasteiger partial charge in [-0.05, 0) is 49.2 Å². The van der Waals surface area contributed by atoms with Gasteiger partial charge in [0.05, 0.1) is 11.6 Å². The van der Waals surface area contributed by atoms with Gasteiger partial charge < -0.3 is 20.1 Å². The predicted molar refractivity (Wildman–Crippen MR) is 139 cm³/mol. The molecule has 5 rings (SSSR count). The maximum atomic E-state index is 13.0. The van der Waals surface area contributed by atoms with Crippen LogP contribution < -0.4 is 10.2 Å². The summed E-state index contributed by atoms with van der Waals surface area (Å²) >= 11 is 6.72. The van der Waals surface area contributed by atoms with Crippen molar-refractivity contribution in [1.29, 1.82) is 0 Å². The Bertz CT molecular complexity index is 1160. The first-order chi connectivity index (χ1) is 16.6. The molecule has 1 amide bonds. The van der Waals surface area contributed by atoms with E-state index in [1.54, 1.807) is 0 Å². The Kier molecular flexibility index (Phi) is 7.15. The molecule has 0 radical (unpaired) electrons. The molecule has 4 heterocycles. The normalized spacial score (nSPS) is 18.2. The van der Waals surface area contributed by atoms with E-state index in [0.29, 0.717) is 13.1 Å². The Hall–Kier alpha value is -2.45. The van der Waals surface area contributed by atoms with Crippen molar-refractivity contribution >= 4 is 34.2 Å². The molecule has 2 aliphatic heterocycles. The fraction of sp³-hybridized carbons (Fsp3) is 0.462. The van der Waals surface area contributed by atoms with Gasteiger partial charge in [0.25, 0.3) is 0 Å². The summed E-state index contributed by atoms with van der Waals surface area (Å²) in [7, 11) is 0. The van der Waals surface area contributed by atoms with Crippen LogP contribution in [0.25, 0.3) is 22.2 Å². The topological polar surface area (TPSA) is 67.5 Å². The van der Waals surface area contributed by atoms with Gasteiger partial charge in [0.2, 0.25) is 5.91 Å². The standard InChI is InChI=1S/C26H33ClN6O/c1-2-19-16-29-26-24(25(19)27)22(17-30-26)20-5-3-6-21(15-20)33-14-13-32(18-23(33)34)10-4-9-31-11-7-28-8-12-31/h3,5-6,15-17,28H,2,4,7-14,18H2,1H3,(H,29,30). The van der Waals surface area contributed by atoms with E-state index in [9.17, 15) is 4.79 Å². The molecule has 0 aliphatic carbocycles. The second-order valence-corrected chi connectivity index (χ2v) is 9.57. The SMILES string of the molecule is CCc1cnc2[nH]cc(-c3cccc(N4CCN(CCCN5CCNCC5)CC4=O)c3)c2c1Cl. The molecule has 2 aliphatic rings. The molecule has 0 atom stereocenters. The van der Waals surface area contributed by atoms with Crippen LogP contribution in [0.15, 0.2) is 36.7 Å². The number of aryl methyl sites for hydroxylation is 1. The third-order valence-electron chi connectivity index (χ3n) is 7.02. The van der Waals surface area contributed by atoms with Crippen LogP contribution in [-0.2, 0) is 11.2 Å². The number of anilines is 1. The van der Waals surface area contributed by atoms with Crippen LogP contribution in [0.1, 0.15) is 18.9 Å². The summed E-state index contributed by atoms with van der Waals surface area (Å²) in [6.07, 6.45) is 5.74. The first kappa shape index (κ1) is 23.3. The molecule has 2 N–H and O–H groups in total. The zero-order valence-electron chi connectivity index (χ0n) is 19.8. The maximum Gasteiger partial charge on any atom is 0.241 e. The van der Waals surface area contributed by atoms with Crippen molar-refractivity contribution in [3.05, 3.63) is 47.2 Å². The molecule has 2 saturated heterocycles. The number of rotatable bonds is 7. The van der Waals surface area contributed by atoms with Crippen molar-refractivity contribution in [3.63, 3.8) is 0 Å². The number of aromatic nitrogens is 2. The highest BCUT2D eigenvalue weighted by Gasteiger charge is 2.25. The Morgan fingerprint density at radius 2 is 1.91 bits per heavy atom. The number of aromatic amines is 1. The monoisotopic (exact) mass is 480 g/mol. The first-order valence-electron chi connectivity index (χ1n) is 12.3. The van der Waals surface area contributed by atoms with E-state index in [4.69, 9.17) is 11.6 Å². The van der Waals surface area contributed by atoms with Crippen molar-refractivity contribution in [2.45, 2.75) is 19.8 Å². The minimum Gasteiger partial charge on any atom is -0.345 e. The fourth-order valence-corrected chi connectivity index (χ4v) is 5.42. The summed E-state index contributed by atoms with van der Waals surface area (Å²) in [4.78, 5) is 27.5. The molecule has 2 aromatic heterocycles. The Morgan fingerprint density at radius 3 is 2.71 bits per heavy atom. The van der Waals surface area contributed by atoms with Gasteiger partial charge in [-0.15, -0.1) is 0 Å². The zero-order valence-corrected chi connectivity index (χ0v) is 20.6. The van der Waals surface area contributed by atoms with Crippen molar-refractivity contribution in [2.75, 3.05) is 63.8 Å². The van der Waals surface area contributed by atoms with E-state index in [1.165, 1.54) is 0 Å². The van der Waals surface area contributed by atoms with Gasteiger partial charge in [0, 0.05) is 68.3 Å². The summed E-state index contributed by atoms with van der Waals surface area (Å²) in [5.74, 6) is 0.164. The summed E-state index contributed by atoms with van der Waals surface area (Å²) < 4.78 is 0. The van der Waals surface area contributed by atoms with E-state index < -0.39 is 0 Å². The van der Waals surface area contributed by atoms with Crippen molar-refractivity contribution < 1.29 is 4.79 Å². The van der Waals surface area contributed by atoms with Crippen LogP contribution in [0.5, 0.6) is 0 Å². The highest BCUT2D eigenvalue weighted by atomic mass is 35.5. The lowest BCUT2D eigenvalue weighted by Gasteiger charge is -2.35. The van der Waals surface area contributed by atoms with E-state index >= 15 is 0 Å². The van der Waals surface area contributed by atoms with Crippen molar-refractivity contribution in [2.24, 2.45) is 0 Å². The van der Waals surface area contributed by atoms with Crippen molar-refractivity contribution in [3.8, 4) is 11.1 Å². The number of fused-ring (bicyclic) bond motifs is 1. The number of nitrogens with zero attached hydrogens (tertiary/aromatic N) is 4. The van der Waals surface area contributed by atoms with Crippen LogP contribution in [0, 0.1) is 0 Å². The first-order valence-corrected chi connectivity index (χ1v) is 12.7. The highest BCUT2D eigenvalue weighted by molar-refractivity contribution is 6.37. The molecule has 34 heavy (non-hydrogen) atoms. The Balaban J connectivity index is 1.26. The molecule has 0 spiro atoms. The number of benzene rings is 1. The van der Waals surface area contributed by atoms with Gasteiger partial charge in [-0.25, -0.2) is 4.98 Å². The number of carbonyl (C=O) groups excluding carboxylic acids is 1. The zero-order chi connectivity index (χ0) is 23.5. The number of hydrogen-bond acceptors (Lipinski definition) is 5. The number of halogens is 1. The largest absolute Gasteiger partial charge is 0.345 e. The molecule has 8 heteroatoms. The maximum absolute atomic E-state index is 13.0. The lowest BCUT2D eigenvalue weighted by molar-refractivity contribution is -0.121. The van der Waals surface area contributed by atoms with E-state index in [1.807, 2.05) is 29.4 Å². The smallest absolute Gasteiger partial charge is 0.241 e. The molecule has 7 nitrogen and oxygen atoms in total. The van der Waals surface area contributed by atoms with E-state index in [0.717, 1.165) is 97.1 Å². The fourth-order valence-electron chi connectivity index (χ4n) is 5.05. The number of piperazine rings is 2. The third-order valence-corrected chi connectivity index (χ3v) is 7.45. The summed E-state index contributed by atoms with van der Waals surface area (Å²) in [5, 5.41) is 5.09. The second kappa shape index (κ2) is 10.4. The van der Waals surface area contributed by atoms with Crippen molar-refractivity contribution in [1.82, 2.24) is 25.1 Å². The molecule has 3 aromatic rings. The molecule has 2 fully saturated rings. The van der Waals surface area contributed by atoms with Gasteiger partial charge >= 0.3 is 0 Å². The molecule has 0 unspecified atom stereocenters. The summed E-state index contributed by atoms with van der Waals surface area (Å²) in [6.45, 7) is 10.7. The average Bonchev–Trinajstić information content (AvgIpc) is 3.30. The van der Waals surface area contributed by atoms with Gasteiger partial charge in [-0.2, -0.15) is 0 Å². The Labute approximate surface area is 206 Å². The minimum absolute atomic E-state index is 0.164. The number of carbonyl (C=O) groups is 1. The summed E-state index contributed by atoms with van der Waals surface area (Å²) in [6, 6.07) is 8.20. The number of amides is 1. The van der Waals surface area contributed by atoms with E-state index in [2.05, 4.69) is 44.1 Å². The van der Waals surface area contributed by atoms with Gasteiger partial charge in [-0.1, -0.05) is 30.7 Å². The number of nitrogens with one attached hydrogen (secondary N) is 2. The van der Waals surface area contributed by atoms with Crippen LogP contribution in [-0.4, -0.2) is 84.6 Å². The quantitative estimate of drug-likeness (QED) is 0.542. The lowest BCUT2D eigenvalue weighted by Crippen LogP contribution is -2.51. The van der Waals surface area contributed by atoms with Gasteiger partial charge in [0.15, 0.2) is 0 Å². The highest BCUT2D eigenvalue weighted by Crippen LogP contribution is 2.36. The molecule has 1 aromatic carbocycles. The summed E-state index contributed by atoms with van der Waals surface area (Å²) in [5.41, 5.74) is 4.81. The average molecular weight is 481 g/mol. The predicted octanol–water partition coefficient (Wildman–Crippen LogP) is 3.39. The van der Waals surface area contributed by atoms with Gasteiger partial charge in [-0.3, -0.25) is 9.69 Å². The lowest BCUT2D eigenvalue weighted by atomic mass is 10.0.